The number of rotatable bonds is 9. The van der Waals surface area contributed by atoms with Crippen molar-refractivity contribution in [2.75, 3.05) is 24.0 Å². The minimum atomic E-state index is -4.07. The van der Waals surface area contributed by atoms with Crippen LogP contribution in [0.2, 0.25) is 0 Å². The minimum Gasteiger partial charge on any atom is -0.492 e. The van der Waals surface area contributed by atoms with Crippen LogP contribution < -0.4 is 14.4 Å². The minimum absolute atomic E-state index is 0.103. The first kappa shape index (κ1) is 23.3. The number of halogens is 1. The van der Waals surface area contributed by atoms with Crippen LogP contribution >= 0.6 is 0 Å². The molecule has 0 heterocycles. The van der Waals surface area contributed by atoms with Crippen LogP contribution in [0.5, 0.6) is 5.75 Å². The van der Waals surface area contributed by atoms with E-state index in [4.69, 9.17) is 4.74 Å². The Morgan fingerprint density at radius 1 is 0.969 bits per heavy atom. The molecule has 0 radical (unpaired) electrons. The SMILES string of the molecule is Cc1ccc(OCCNC(=O)CN(c2ccccc2)S(=O)(=O)c2ccc(F)cc2)cc1C. The Hall–Kier alpha value is -3.39. The Bertz CT molecular complexity index is 1170. The van der Waals surface area contributed by atoms with Crippen LogP contribution in [0.3, 0.4) is 0 Å². The first-order valence-electron chi connectivity index (χ1n) is 10.1. The smallest absolute Gasteiger partial charge is 0.264 e. The summed E-state index contributed by atoms with van der Waals surface area (Å²) in [4.78, 5) is 12.4. The van der Waals surface area contributed by atoms with Gasteiger partial charge in [-0.1, -0.05) is 24.3 Å². The molecule has 3 aromatic rings. The van der Waals surface area contributed by atoms with Gasteiger partial charge in [-0.3, -0.25) is 9.10 Å². The molecule has 1 N–H and O–H groups in total. The summed E-state index contributed by atoms with van der Waals surface area (Å²) in [5.41, 5.74) is 2.60. The fraction of sp³-hybridized carbons (Fsp3) is 0.208. The summed E-state index contributed by atoms with van der Waals surface area (Å²) in [5.74, 6) is -0.327. The highest BCUT2D eigenvalue weighted by molar-refractivity contribution is 7.92. The maximum absolute atomic E-state index is 13.3. The predicted octanol–water partition coefficient (Wildman–Crippen LogP) is 3.83. The number of hydrogen-bond acceptors (Lipinski definition) is 4. The third kappa shape index (κ3) is 5.85. The molecule has 0 aromatic heterocycles. The van der Waals surface area contributed by atoms with Crippen molar-refractivity contribution in [2.45, 2.75) is 18.7 Å². The second-order valence-corrected chi connectivity index (χ2v) is 9.11. The highest BCUT2D eigenvalue weighted by atomic mass is 32.2. The van der Waals surface area contributed by atoms with E-state index in [1.165, 1.54) is 12.1 Å². The van der Waals surface area contributed by atoms with Crippen molar-refractivity contribution >= 4 is 21.6 Å². The van der Waals surface area contributed by atoms with E-state index < -0.39 is 28.3 Å². The molecule has 8 heteroatoms. The largest absolute Gasteiger partial charge is 0.492 e. The van der Waals surface area contributed by atoms with Crippen LogP contribution in [0.25, 0.3) is 0 Å². The van der Waals surface area contributed by atoms with Crippen molar-refractivity contribution in [3.05, 3.63) is 89.7 Å². The molecule has 0 aliphatic carbocycles. The Balaban J connectivity index is 1.66. The Morgan fingerprint density at radius 2 is 1.66 bits per heavy atom. The zero-order valence-electron chi connectivity index (χ0n) is 17.9. The molecule has 0 unspecified atom stereocenters. The number of carbonyl (C=O) groups is 1. The zero-order valence-corrected chi connectivity index (χ0v) is 18.7. The lowest BCUT2D eigenvalue weighted by atomic mass is 10.1. The third-order valence-electron chi connectivity index (χ3n) is 4.90. The molecule has 32 heavy (non-hydrogen) atoms. The van der Waals surface area contributed by atoms with E-state index in [1.54, 1.807) is 30.3 Å². The Morgan fingerprint density at radius 3 is 2.31 bits per heavy atom. The molecule has 1 amide bonds. The fourth-order valence-electron chi connectivity index (χ4n) is 2.99. The van der Waals surface area contributed by atoms with E-state index in [1.807, 2.05) is 32.0 Å². The summed E-state index contributed by atoms with van der Waals surface area (Å²) in [7, 11) is -4.07. The summed E-state index contributed by atoms with van der Waals surface area (Å²) in [6, 6.07) is 18.5. The molecule has 6 nitrogen and oxygen atoms in total. The number of carbonyl (C=O) groups excluding carboxylic acids is 1. The lowest BCUT2D eigenvalue weighted by Crippen LogP contribution is -2.41. The van der Waals surface area contributed by atoms with Gasteiger partial charge in [0, 0.05) is 0 Å². The van der Waals surface area contributed by atoms with Gasteiger partial charge < -0.3 is 10.1 Å². The number of benzene rings is 3. The molecule has 0 spiro atoms. The number of nitrogens with zero attached hydrogens (tertiary/aromatic N) is 1. The molecule has 3 rings (SSSR count). The molecule has 168 valence electrons. The van der Waals surface area contributed by atoms with Crippen LogP contribution in [0.15, 0.2) is 77.7 Å². The van der Waals surface area contributed by atoms with E-state index in [0.29, 0.717) is 11.4 Å². The Kier molecular flexibility index (Phi) is 7.48. The second kappa shape index (κ2) is 10.3. The summed E-state index contributed by atoms with van der Waals surface area (Å²) < 4.78 is 46.2. The average Bonchev–Trinajstić information content (AvgIpc) is 2.78. The summed E-state index contributed by atoms with van der Waals surface area (Å²) in [6.45, 7) is 4.03. The molecular weight excluding hydrogens is 431 g/mol. The molecule has 0 aliphatic heterocycles. The zero-order chi connectivity index (χ0) is 23.1. The highest BCUT2D eigenvalue weighted by Gasteiger charge is 2.27. The first-order valence-corrected chi connectivity index (χ1v) is 11.5. The van der Waals surface area contributed by atoms with E-state index in [0.717, 1.165) is 27.6 Å². The Labute approximate surface area is 187 Å². The predicted molar refractivity (Wildman–Crippen MR) is 122 cm³/mol. The number of para-hydroxylation sites is 1. The van der Waals surface area contributed by atoms with Gasteiger partial charge in [-0.15, -0.1) is 0 Å². The number of aryl methyl sites for hydroxylation is 2. The van der Waals surface area contributed by atoms with Crippen molar-refractivity contribution in [3.8, 4) is 5.75 Å². The molecule has 0 aliphatic rings. The number of ether oxygens (including phenoxy) is 1. The number of anilines is 1. The molecule has 0 atom stereocenters. The molecule has 0 fully saturated rings. The van der Waals surface area contributed by atoms with Gasteiger partial charge in [0.15, 0.2) is 0 Å². The van der Waals surface area contributed by atoms with Gasteiger partial charge in [-0.2, -0.15) is 0 Å². The van der Waals surface area contributed by atoms with E-state index in [9.17, 15) is 17.6 Å². The van der Waals surface area contributed by atoms with Gasteiger partial charge in [-0.05, 0) is 73.5 Å². The van der Waals surface area contributed by atoms with Crippen LogP contribution in [-0.4, -0.2) is 34.0 Å². The molecule has 0 saturated heterocycles. The summed E-state index contributed by atoms with van der Waals surface area (Å²) in [5, 5.41) is 2.68. The number of hydrogen-bond donors (Lipinski definition) is 1. The van der Waals surface area contributed by atoms with Crippen molar-refractivity contribution in [1.82, 2.24) is 5.32 Å². The highest BCUT2D eigenvalue weighted by Crippen LogP contribution is 2.23. The van der Waals surface area contributed by atoms with Gasteiger partial charge in [0.1, 0.15) is 24.7 Å². The lowest BCUT2D eigenvalue weighted by Gasteiger charge is -2.24. The van der Waals surface area contributed by atoms with Gasteiger partial charge in [-0.25, -0.2) is 12.8 Å². The monoisotopic (exact) mass is 456 g/mol. The normalized spacial score (nSPS) is 11.1. The second-order valence-electron chi connectivity index (χ2n) is 7.25. The topological polar surface area (TPSA) is 75.7 Å². The molecule has 0 bridgehead atoms. The van der Waals surface area contributed by atoms with Crippen molar-refractivity contribution in [2.24, 2.45) is 0 Å². The van der Waals surface area contributed by atoms with Gasteiger partial charge >= 0.3 is 0 Å². The van der Waals surface area contributed by atoms with E-state index in [2.05, 4.69) is 5.32 Å². The average molecular weight is 457 g/mol. The quantitative estimate of drug-likeness (QED) is 0.497. The first-order chi connectivity index (χ1) is 15.3. The van der Waals surface area contributed by atoms with Crippen LogP contribution in [0, 0.1) is 19.7 Å². The standard InChI is InChI=1S/C24H25FN2O4S/c1-18-8-11-22(16-19(18)2)31-15-14-26-24(28)17-27(21-6-4-3-5-7-21)32(29,30)23-12-9-20(25)10-13-23/h3-13,16H,14-15,17H2,1-2H3,(H,26,28). The van der Waals surface area contributed by atoms with Crippen molar-refractivity contribution in [3.63, 3.8) is 0 Å². The van der Waals surface area contributed by atoms with Crippen LogP contribution in [-0.2, 0) is 14.8 Å². The van der Waals surface area contributed by atoms with E-state index >= 15 is 0 Å². The lowest BCUT2D eigenvalue weighted by molar-refractivity contribution is -0.119. The fourth-order valence-corrected chi connectivity index (χ4v) is 4.41. The van der Waals surface area contributed by atoms with Crippen molar-refractivity contribution < 1.29 is 22.3 Å². The molecule has 3 aromatic carbocycles. The maximum atomic E-state index is 13.3. The third-order valence-corrected chi connectivity index (χ3v) is 6.69. The van der Waals surface area contributed by atoms with E-state index in [-0.39, 0.29) is 18.0 Å². The maximum Gasteiger partial charge on any atom is 0.264 e. The van der Waals surface area contributed by atoms with Gasteiger partial charge in [0.25, 0.3) is 10.0 Å². The van der Waals surface area contributed by atoms with Gasteiger partial charge in [0.2, 0.25) is 5.91 Å². The summed E-state index contributed by atoms with van der Waals surface area (Å²) in [6.07, 6.45) is 0. The molecule has 0 saturated carbocycles. The number of amides is 1. The van der Waals surface area contributed by atoms with Crippen LogP contribution in [0.4, 0.5) is 10.1 Å². The number of nitrogens with one attached hydrogen (secondary N) is 1. The van der Waals surface area contributed by atoms with Crippen molar-refractivity contribution in [1.29, 1.82) is 0 Å². The molecular formula is C24H25FN2O4S. The summed E-state index contributed by atoms with van der Waals surface area (Å²) >= 11 is 0. The van der Waals surface area contributed by atoms with Gasteiger partial charge in [0.05, 0.1) is 17.1 Å². The number of sulfonamides is 1. The van der Waals surface area contributed by atoms with Crippen LogP contribution in [0.1, 0.15) is 11.1 Å².